The fraction of sp³-hybridized carbons (Fsp3) is 0.172. The summed E-state index contributed by atoms with van der Waals surface area (Å²) in [7, 11) is 1.40. The van der Waals surface area contributed by atoms with Crippen molar-refractivity contribution in [1.29, 1.82) is 0 Å². The Hall–Kier alpha value is -4.56. The standard InChI is InChI=1S/C29H22Br2N6O6/c1-43-21-14-19(22(30)23(31)25(21)38)24-18-12-13-32-26(39)34(16-8-4-2-5-9-16)28(41)36(32)20(18)15-33-27(40)35(29(42)37(24)33)17-10-6-3-7-11-17/h2-12,14,20,24,38H,13,15H2,1H3. The number of methoxy groups -OCH3 is 1. The first-order valence-corrected chi connectivity index (χ1v) is 14.8. The molecule has 0 radical (unpaired) electrons. The molecule has 0 saturated heterocycles. The van der Waals surface area contributed by atoms with Gasteiger partial charge in [0.1, 0.15) is 6.04 Å². The van der Waals surface area contributed by atoms with Gasteiger partial charge in [0, 0.05) is 10.0 Å². The normalized spacial score (nSPS) is 17.1. The number of aromatic hydroxyl groups is 1. The van der Waals surface area contributed by atoms with Crippen LogP contribution in [0.4, 0.5) is 0 Å². The highest BCUT2D eigenvalue weighted by Gasteiger charge is 2.42. The molecular weight excluding hydrogens is 688 g/mol. The van der Waals surface area contributed by atoms with Gasteiger partial charge in [-0.2, -0.15) is 0 Å². The number of phenolic OH excluding ortho intramolecular Hbond substituents is 1. The van der Waals surface area contributed by atoms with E-state index in [1.54, 1.807) is 66.7 Å². The lowest BCUT2D eigenvalue weighted by Crippen LogP contribution is -2.47. The van der Waals surface area contributed by atoms with Crippen LogP contribution in [0.1, 0.15) is 17.6 Å². The van der Waals surface area contributed by atoms with E-state index in [1.807, 2.05) is 6.08 Å². The van der Waals surface area contributed by atoms with Crippen LogP contribution >= 0.6 is 31.9 Å². The Balaban J connectivity index is 1.54. The highest BCUT2D eigenvalue weighted by molar-refractivity contribution is 9.13. The number of aromatic nitrogens is 6. The summed E-state index contributed by atoms with van der Waals surface area (Å²) in [5, 5.41) is 10.7. The molecule has 14 heteroatoms. The van der Waals surface area contributed by atoms with Gasteiger partial charge in [0.15, 0.2) is 11.5 Å². The van der Waals surface area contributed by atoms with E-state index in [4.69, 9.17) is 4.74 Å². The average molecular weight is 710 g/mol. The minimum absolute atomic E-state index is 0.0582. The summed E-state index contributed by atoms with van der Waals surface area (Å²) in [6.45, 7) is -0.0228. The van der Waals surface area contributed by atoms with Gasteiger partial charge in [0.2, 0.25) is 0 Å². The van der Waals surface area contributed by atoms with E-state index in [0.717, 1.165) is 9.13 Å². The van der Waals surface area contributed by atoms with Crippen LogP contribution < -0.4 is 27.5 Å². The zero-order chi connectivity index (χ0) is 30.2. The van der Waals surface area contributed by atoms with Gasteiger partial charge in [-0.15, -0.1) is 0 Å². The fourth-order valence-corrected chi connectivity index (χ4v) is 6.94. The van der Waals surface area contributed by atoms with Gasteiger partial charge >= 0.3 is 22.8 Å². The first-order chi connectivity index (χ1) is 20.7. The third-order valence-electron chi connectivity index (χ3n) is 7.92. The predicted octanol–water partition coefficient (Wildman–Crippen LogP) is 2.94. The molecule has 218 valence electrons. The van der Waals surface area contributed by atoms with E-state index in [-0.39, 0.29) is 29.1 Å². The van der Waals surface area contributed by atoms with Crippen molar-refractivity contribution in [1.82, 2.24) is 27.9 Å². The summed E-state index contributed by atoms with van der Waals surface area (Å²) in [4.78, 5) is 55.5. The summed E-state index contributed by atoms with van der Waals surface area (Å²) in [5.74, 6) is -0.0166. The molecule has 0 fully saturated rings. The molecular formula is C29H22Br2N6O6. The molecule has 4 heterocycles. The molecule has 0 saturated carbocycles. The molecule has 0 amide bonds. The van der Waals surface area contributed by atoms with Crippen molar-refractivity contribution in [2.45, 2.75) is 25.2 Å². The summed E-state index contributed by atoms with van der Waals surface area (Å²) in [6, 6.07) is 17.0. The number of rotatable bonds is 4. The average Bonchev–Trinajstić information content (AvgIpc) is 3.43. The molecule has 5 aromatic rings. The second kappa shape index (κ2) is 10.0. The lowest BCUT2D eigenvalue weighted by Gasteiger charge is -2.38. The lowest BCUT2D eigenvalue weighted by atomic mass is 9.90. The lowest BCUT2D eigenvalue weighted by molar-refractivity contribution is 0.245. The maximum atomic E-state index is 14.1. The van der Waals surface area contributed by atoms with E-state index in [9.17, 15) is 24.3 Å². The highest BCUT2D eigenvalue weighted by Crippen LogP contribution is 2.48. The van der Waals surface area contributed by atoms with Crippen molar-refractivity contribution in [2.24, 2.45) is 0 Å². The Labute approximate surface area is 258 Å². The third kappa shape index (κ3) is 3.86. The molecule has 0 aliphatic carbocycles. The van der Waals surface area contributed by atoms with Crippen molar-refractivity contribution in [3.63, 3.8) is 0 Å². The SMILES string of the molecule is COc1cc(C2C3=CCn4c(=O)n(-c5ccccc5)c(=O)n4C3Cn3c(=O)n(-c4ccccc4)c(=O)n32)c(Br)c(Br)c1O. The number of benzene rings is 3. The highest BCUT2D eigenvalue weighted by atomic mass is 79.9. The van der Waals surface area contributed by atoms with Crippen LogP contribution in [0.5, 0.6) is 11.5 Å². The minimum atomic E-state index is -0.917. The molecule has 1 N–H and O–H groups in total. The Morgan fingerprint density at radius 1 is 0.767 bits per heavy atom. The topological polar surface area (TPSA) is 127 Å². The van der Waals surface area contributed by atoms with Crippen molar-refractivity contribution >= 4 is 31.9 Å². The van der Waals surface area contributed by atoms with E-state index in [1.165, 1.54) is 25.8 Å². The number of nitrogens with zero attached hydrogens (tertiary/aromatic N) is 6. The van der Waals surface area contributed by atoms with Crippen molar-refractivity contribution in [2.75, 3.05) is 7.11 Å². The monoisotopic (exact) mass is 708 g/mol. The van der Waals surface area contributed by atoms with Crippen LogP contribution in [-0.2, 0) is 13.1 Å². The second-order valence-corrected chi connectivity index (χ2v) is 11.7. The van der Waals surface area contributed by atoms with Crippen molar-refractivity contribution in [3.05, 3.63) is 135 Å². The molecule has 2 aliphatic rings. The van der Waals surface area contributed by atoms with E-state index < -0.39 is 34.8 Å². The van der Waals surface area contributed by atoms with Crippen LogP contribution in [0.15, 0.2) is 107 Å². The number of allylic oxidation sites excluding steroid dienone is 2. The smallest absolute Gasteiger partial charge is 0.352 e. The molecule has 2 unspecified atom stereocenters. The number of phenols is 1. The second-order valence-electron chi connectivity index (χ2n) is 10.1. The molecule has 0 bridgehead atoms. The fourth-order valence-electron chi connectivity index (χ4n) is 6.00. The summed E-state index contributed by atoms with van der Waals surface area (Å²) >= 11 is 6.96. The van der Waals surface area contributed by atoms with Gasteiger partial charge in [-0.25, -0.2) is 47.0 Å². The van der Waals surface area contributed by atoms with Gasteiger partial charge in [-0.05, 0) is 67.8 Å². The zero-order valence-corrected chi connectivity index (χ0v) is 25.6. The van der Waals surface area contributed by atoms with Crippen LogP contribution in [0.25, 0.3) is 11.4 Å². The Bertz CT molecular complexity index is 2200. The summed E-state index contributed by atoms with van der Waals surface area (Å²) in [5.41, 5.74) is -0.361. The molecule has 2 aromatic heterocycles. The number of fused-ring (bicyclic) bond motifs is 4. The van der Waals surface area contributed by atoms with Gasteiger partial charge in [0.25, 0.3) is 0 Å². The van der Waals surface area contributed by atoms with Crippen molar-refractivity contribution < 1.29 is 9.84 Å². The number of halogens is 2. The van der Waals surface area contributed by atoms with Gasteiger partial charge in [-0.1, -0.05) is 42.5 Å². The van der Waals surface area contributed by atoms with Crippen LogP contribution in [0.3, 0.4) is 0 Å². The molecule has 2 aliphatic heterocycles. The zero-order valence-electron chi connectivity index (χ0n) is 22.4. The van der Waals surface area contributed by atoms with Gasteiger partial charge in [0.05, 0.1) is 42.1 Å². The predicted molar refractivity (Wildman–Crippen MR) is 164 cm³/mol. The Morgan fingerprint density at radius 2 is 1.33 bits per heavy atom. The largest absolute Gasteiger partial charge is 0.503 e. The van der Waals surface area contributed by atoms with E-state index >= 15 is 0 Å². The molecule has 3 aromatic carbocycles. The molecule has 12 nitrogen and oxygen atoms in total. The van der Waals surface area contributed by atoms with Crippen LogP contribution in [0, 0.1) is 0 Å². The number of hydrogen-bond acceptors (Lipinski definition) is 6. The first-order valence-electron chi connectivity index (χ1n) is 13.2. The van der Waals surface area contributed by atoms with Gasteiger partial charge in [-0.3, -0.25) is 0 Å². The summed E-state index contributed by atoms with van der Waals surface area (Å²) < 4.78 is 13.7. The van der Waals surface area contributed by atoms with Crippen LogP contribution in [-0.4, -0.2) is 40.1 Å². The number of para-hydroxylation sites is 2. The maximum absolute atomic E-state index is 14.1. The van der Waals surface area contributed by atoms with Gasteiger partial charge < -0.3 is 9.84 Å². The third-order valence-corrected chi connectivity index (χ3v) is 10.1. The molecule has 7 rings (SSSR count). The van der Waals surface area contributed by atoms with Crippen molar-refractivity contribution in [3.8, 4) is 22.9 Å². The first kappa shape index (κ1) is 27.3. The quantitative estimate of drug-likeness (QED) is 0.286. The maximum Gasteiger partial charge on any atom is 0.352 e. The number of ether oxygens (including phenoxy) is 1. The molecule has 43 heavy (non-hydrogen) atoms. The van der Waals surface area contributed by atoms with E-state index in [0.29, 0.717) is 27.0 Å². The summed E-state index contributed by atoms with van der Waals surface area (Å²) in [6.07, 6.45) is 1.81. The Morgan fingerprint density at radius 3 is 1.91 bits per heavy atom. The molecule has 2 atom stereocenters. The minimum Gasteiger partial charge on any atom is -0.503 e. The molecule has 0 spiro atoms. The van der Waals surface area contributed by atoms with Crippen LogP contribution in [0.2, 0.25) is 0 Å². The van der Waals surface area contributed by atoms with E-state index in [2.05, 4.69) is 31.9 Å². The number of hydrogen-bond donors (Lipinski definition) is 1. The Kier molecular flexibility index (Phi) is 6.36.